The number of nitrogens with one attached hydrogen (secondary N) is 1. The SMILES string of the molecule is Oc1c(Br)cc(C2=NC(c3ccc(F)cc3)C(c3ccncc3)N2)cc1Br. The molecule has 2 N–H and O–H groups in total. The Balaban J connectivity index is 1.78. The Hall–Kier alpha value is -2.25. The van der Waals surface area contributed by atoms with E-state index in [1.807, 2.05) is 24.3 Å². The van der Waals surface area contributed by atoms with Crippen LogP contribution >= 0.6 is 31.9 Å². The predicted octanol–water partition coefficient (Wildman–Crippen LogP) is 5.28. The summed E-state index contributed by atoms with van der Waals surface area (Å²) in [5.74, 6) is 0.561. The Bertz CT molecular complexity index is 986. The van der Waals surface area contributed by atoms with Crippen LogP contribution in [0.3, 0.4) is 0 Å². The van der Waals surface area contributed by atoms with E-state index in [-0.39, 0.29) is 23.7 Å². The predicted molar refractivity (Wildman–Crippen MR) is 109 cm³/mol. The number of halogens is 3. The quantitative estimate of drug-likeness (QED) is 0.524. The molecule has 1 aliphatic heterocycles. The van der Waals surface area contributed by atoms with Gasteiger partial charge in [-0.2, -0.15) is 0 Å². The molecule has 3 aromatic rings. The van der Waals surface area contributed by atoms with Crippen molar-refractivity contribution in [2.75, 3.05) is 0 Å². The van der Waals surface area contributed by atoms with E-state index in [0.29, 0.717) is 14.8 Å². The maximum atomic E-state index is 13.4. The molecule has 0 bridgehead atoms. The van der Waals surface area contributed by atoms with Crippen molar-refractivity contribution in [1.82, 2.24) is 10.3 Å². The average molecular weight is 491 g/mol. The van der Waals surface area contributed by atoms with Crippen LogP contribution in [0.15, 0.2) is 74.9 Å². The van der Waals surface area contributed by atoms with Crippen molar-refractivity contribution in [3.8, 4) is 5.75 Å². The largest absolute Gasteiger partial charge is 0.506 e. The first kappa shape index (κ1) is 18.1. The van der Waals surface area contributed by atoms with Crippen molar-refractivity contribution in [3.05, 3.63) is 92.4 Å². The molecule has 2 unspecified atom stereocenters. The number of aliphatic imine (C=N–C) groups is 1. The molecule has 0 saturated carbocycles. The molecule has 0 fully saturated rings. The van der Waals surface area contributed by atoms with Gasteiger partial charge in [0, 0.05) is 18.0 Å². The van der Waals surface area contributed by atoms with Crippen LogP contribution < -0.4 is 5.32 Å². The van der Waals surface area contributed by atoms with E-state index in [0.717, 1.165) is 16.7 Å². The molecule has 4 nitrogen and oxygen atoms in total. The van der Waals surface area contributed by atoms with Crippen molar-refractivity contribution >= 4 is 37.7 Å². The molecule has 0 spiro atoms. The van der Waals surface area contributed by atoms with E-state index in [2.05, 4.69) is 42.2 Å². The van der Waals surface area contributed by atoms with Crippen molar-refractivity contribution in [1.29, 1.82) is 0 Å². The first-order valence-corrected chi connectivity index (χ1v) is 9.79. The summed E-state index contributed by atoms with van der Waals surface area (Å²) in [4.78, 5) is 8.95. The summed E-state index contributed by atoms with van der Waals surface area (Å²) in [6.07, 6.45) is 3.48. The van der Waals surface area contributed by atoms with E-state index in [9.17, 15) is 9.50 Å². The molecule has 1 aromatic heterocycles. The lowest BCUT2D eigenvalue weighted by molar-refractivity contribution is 0.468. The van der Waals surface area contributed by atoms with Crippen LogP contribution in [0.1, 0.15) is 28.8 Å². The molecule has 0 aliphatic carbocycles. The Morgan fingerprint density at radius 2 is 1.56 bits per heavy atom. The molecule has 2 aromatic carbocycles. The number of pyridine rings is 1. The molecule has 2 atom stereocenters. The van der Waals surface area contributed by atoms with Gasteiger partial charge < -0.3 is 10.4 Å². The van der Waals surface area contributed by atoms with E-state index in [1.54, 1.807) is 24.5 Å². The van der Waals surface area contributed by atoms with Crippen molar-refractivity contribution in [2.24, 2.45) is 4.99 Å². The van der Waals surface area contributed by atoms with Gasteiger partial charge in [0.05, 0.1) is 15.0 Å². The third-order valence-electron chi connectivity index (χ3n) is 4.44. The van der Waals surface area contributed by atoms with Crippen LogP contribution in [0.5, 0.6) is 5.75 Å². The highest BCUT2D eigenvalue weighted by Crippen LogP contribution is 2.39. The van der Waals surface area contributed by atoms with E-state index in [4.69, 9.17) is 4.99 Å². The maximum absolute atomic E-state index is 13.4. The highest BCUT2D eigenvalue weighted by molar-refractivity contribution is 9.11. The fraction of sp³-hybridized carbons (Fsp3) is 0.100. The maximum Gasteiger partial charge on any atom is 0.143 e. The molecule has 2 heterocycles. The monoisotopic (exact) mass is 489 g/mol. The number of rotatable bonds is 3. The number of nitrogens with zero attached hydrogens (tertiary/aromatic N) is 2. The van der Waals surface area contributed by atoms with E-state index in [1.165, 1.54) is 12.1 Å². The van der Waals surface area contributed by atoms with Crippen LogP contribution in [0.2, 0.25) is 0 Å². The third-order valence-corrected chi connectivity index (χ3v) is 5.65. The van der Waals surface area contributed by atoms with Crippen LogP contribution in [-0.2, 0) is 0 Å². The number of hydrogen-bond acceptors (Lipinski definition) is 4. The second kappa shape index (κ2) is 7.40. The minimum absolute atomic E-state index is 0.111. The lowest BCUT2D eigenvalue weighted by atomic mass is 9.95. The van der Waals surface area contributed by atoms with Crippen LogP contribution in [0.25, 0.3) is 0 Å². The van der Waals surface area contributed by atoms with Crippen LogP contribution in [0, 0.1) is 5.82 Å². The molecule has 27 heavy (non-hydrogen) atoms. The van der Waals surface area contributed by atoms with Crippen molar-refractivity contribution < 1.29 is 9.50 Å². The van der Waals surface area contributed by atoms with Gasteiger partial charge in [-0.25, -0.2) is 4.39 Å². The fourth-order valence-corrected chi connectivity index (χ4v) is 4.29. The smallest absolute Gasteiger partial charge is 0.143 e. The lowest BCUT2D eigenvalue weighted by Gasteiger charge is -2.19. The summed E-state index contributed by atoms with van der Waals surface area (Å²) in [6, 6.07) is 13.6. The van der Waals surface area contributed by atoms with E-state index >= 15 is 0 Å². The Morgan fingerprint density at radius 1 is 0.926 bits per heavy atom. The Kier molecular flexibility index (Phi) is 4.97. The van der Waals surface area contributed by atoms with E-state index < -0.39 is 0 Å². The van der Waals surface area contributed by atoms with Crippen LogP contribution in [-0.4, -0.2) is 15.9 Å². The zero-order valence-corrected chi connectivity index (χ0v) is 17.1. The summed E-state index contributed by atoms with van der Waals surface area (Å²) in [6.45, 7) is 0. The second-order valence-electron chi connectivity index (χ2n) is 6.17. The molecule has 0 saturated heterocycles. The standard InChI is InChI=1S/C20H14Br2FN3O/c21-15-9-13(10-16(22)19(15)27)20-25-17(11-1-3-14(23)4-2-11)18(26-20)12-5-7-24-8-6-12/h1-10,17-18,27H,(H,25,26). The number of hydrogen-bond donors (Lipinski definition) is 2. The Labute approximate surface area is 172 Å². The van der Waals surface area contributed by atoms with Crippen LogP contribution in [0.4, 0.5) is 4.39 Å². The normalized spacial score (nSPS) is 18.9. The topological polar surface area (TPSA) is 57.5 Å². The summed E-state index contributed by atoms with van der Waals surface area (Å²) >= 11 is 6.72. The highest BCUT2D eigenvalue weighted by atomic mass is 79.9. The van der Waals surface area contributed by atoms with Gasteiger partial charge in [-0.3, -0.25) is 9.98 Å². The summed E-state index contributed by atoms with van der Waals surface area (Å²) < 4.78 is 14.5. The number of amidine groups is 1. The third kappa shape index (κ3) is 3.61. The summed E-state index contributed by atoms with van der Waals surface area (Å²) in [7, 11) is 0. The highest BCUT2D eigenvalue weighted by Gasteiger charge is 2.32. The molecular formula is C20H14Br2FN3O. The Morgan fingerprint density at radius 3 is 2.19 bits per heavy atom. The first-order valence-electron chi connectivity index (χ1n) is 8.21. The van der Waals surface area contributed by atoms with Gasteiger partial charge in [-0.1, -0.05) is 12.1 Å². The van der Waals surface area contributed by atoms with Gasteiger partial charge in [-0.15, -0.1) is 0 Å². The number of aromatic hydroxyl groups is 1. The average Bonchev–Trinajstić information content (AvgIpc) is 3.12. The molecule has 4 rings (SSSR count). The molecule has 136 valence electrons. The minimum Gasteiger partial charge on any atom is -0.506 e. The first-order chi connectivity index (χ1) is 13.0. The van der Waals surface area contributed by atoms with Gasteiger partial charge >= 0.3 is 0 Å². The molecule has 0 radical (unpaired) electrons. The van der Waals surface area contributed by atoms with Crippen molar-refractivity contribution in [3.63, 3.8) is 0 Å². The molecule has 0 amide bonds. The molecule has 1 aliphatic rings. The summed E-state index contributed by atoms with van der Waals surface area (Å²) in [5, 5.41) is 13.4. The number of aromatic nitrogens is 1. The van der Waals surface area contributed by atoms with Crippen molar-refractivity contribution in [2.45, 2.75) is 12.1 Å². The number of phenols is 1. The van der Waals surface area contributed by atoms with Gasteiger partial charge in [0.1, 0.15) is 23.4 Å². The van der Waals surface area contributed by atoms with Gasteiger partial charge in [0.15, 0.2) is 0 Å². The van der Waals surface area contributed by atoms with Gasteiger partial charge in [0.2, 0.25) is 0 Å². The fourth-order valence-electron chi connectivity index (χ4n) is 3.10. The lowest BCUT2D eigenvalue weighted by Crippen LogP contribution is -2.25. The molecule has 7 heteroatoms. The number of phenolic OH excluding ortho intramolecular Hbond substituents is 1. The minimum atomic E-state index is -0.277. The number of benzene rings is 2. The second-order valence-corrected chi connectivity index (χ2v) is 7.87. The zero-order valence-electron chi connectivity index (χ0n) is 13.9. The zero-order chi connectivity index (χ0) is 19.0. The van der Waals surface area contributed by atoms with Gasteiger partial charge in [0.25, 0.3) is 0 Å². The molecular weight excluding hydrogens is 477 g/mol. The van der Waals surface area contributed by atoms with Gasteiger partial charge in [-0.05, 0) is 79.4 Å². The summed E-state index contributed by atoms with van der Waals surface area (Å²) in [5.41, 5.74) is 2.78.